The van der Waals surface area contributed by atoms with Crippen molar-refractivity contribution >= 4 is 11.7 Å². The Balaban J connectivity index is 1.95. The Hall–Kier alpha value is -1.62. The first kappa shape index (κ1) is 12.8. The zero-order valence-electron chi connectivity index (χ0n) is 10.8. The lowest BCUT2D eigenvalue weighted by molar-refractivity contribution is -0.125. The van der Waals surface area contributed by atoms with Crippen LogP contribution in [0.25, 0.3) is 0 Å². The van der Waals surface area contributed by atoms with Crippen molar-refractivity contribution in [2.24, 2.45) is 5.92 Å². The van der Waals surface area contributed by atoms with Gasteiger partial charge < -0.3 is 15.0 Å². The number of rotatable bonds is 4. The van der Waals surface area contributed by atoms with E-state index in [1.807, 2.05) is 31.1 Å². The molecule has 0 aliphatic carbocycles. The second kappa shape index (κ2) is 5.82. The van der Waals surface area contributed by atoms with Crippen molar-refractivity contribution in [2.75, 3.05) is 32.2 Å². The van der Waals surface area contributed by atoms with Gasteiger partial charge in [0.25, 0.3) is 0 Å². The molecular weight excluding hydrogens is 230 g/mol. The smallest absolute Gasteiger partial charge is 0.225 e. The lowest BCUT2D eigenvalue weighted by Crippen LogP contribution is -2.31. The Morgan fingerprint density at radius 1 is 1.61 bits per heavy atom. The van der Waals surface area contributed by atoms with Gasteiger partial charge in [0.2, 0.25) is 5.91 Å². The van der Waals surface area contributed by atoms with Crippen LogP contribution in [0.4, 0.5) is 5.82 Å². The number of hydrogen-bond donors (Lipinski definition) is 1. The molecule has 1 aromatic heterocycles. The molecule has 5 heteroatoms. The molecule has 5 nitrogen and oxygen atoms in total. The summed E-state index contributed by atoms with van der Waals surface area (Å²) >= 11 is 0. The first-order valence-corrected chi connectivity index (χ1v) is 6.15. The average Bonchev–Trinajstić information content (AvgIpc) is 2.90. The molecule has 0 saturated carbocycles. The average molecular weight is 249 g/mol. The van der Waals surface area contributed by atoms with Gasteiger partial charge in [-0.15, -0.1) is 0 Å². The molecule has 98 valence electrons. The number of ether oxygens (including phenoxy) is 1. The molecule has 1 fully saturated rings. The van der Waals surface area contributed by atoms with Crippen molar-refractivity contribution in [1.29, 1.82) is 0 Å². The molecule has 0 aromatic carbocycles. The number of amides is 1. The SMILES string of the molecule is CN(C)c1ncccc1CNC(=O)[C@H]1CCOC1. The number of nitrogens with one attached hydrogen (secondary N) is 1. The quantitative estimate of drug-likeness (QED) is 0.857. The lowest BCUT2D eigenvalue weighted by atomic mass is 10.1. The summed E-state index contributed by atoms with van der Waals surface area (Å²) in [5, 5.41) is 2.95. The largest absolute Gasteiger partial charge is 0.381 e. The van der Waals surface area contributed by atoms with Gasteiger partial charge in [-0.2, -0.15) is 0 Å². The summed E-state index contributed by atoms with van der Waals surface area (Å²) in [6, 6.07) is 3.86. The first-order valence-electron chi connectivity index (χ1n) is 6.15. The van der Waals surface area contributed by atoms with Crippen LogP contribution < -0.4 is 10.2 Å². The molecule has 0 unspecified atom stereocenters. The van der Waals surface area contributed by atoms with E-state index in [4.69, 9.17) is 4.74 Å². The molecule has 0 radical (unpaired) electrons. The second-order valence-electron chi connectivity index (χ2n) is 4.66. The van der Waals surface area contributed by atoms with Gasteiger partial charge in [0, 0.05) is 39.0 Å². The van der Waals surface area contributed by atoms with Crippen LogP contribution in [0.2, 0.25) is 0 Å². The topological polar surface area (TPSA) is 54.5 Å². The Bertz CT molecular complexity index is 414. The highest BCUT2D eigenvalue weighted by Gasteiger charge is 2.23. The minimum Gasteiger partial charge on any atom is -0.381 e. The summed E-state index contributed by atoms with van der Waals surface area (Å²) in [7, 11) is 3.89. The van der Waals surface area contributed by atoms with Crippen LogP contribution >= 0.6 is 0 Å². The summed E-state index contributed by atoms with van der Waals surface area (Å²) in [6.07, 6.45) is 2.57. The first-order chi connectivity index (χ1) is 8.68. The van der Waals surface area contributed by atoms with Crippen LogP contribution in [0.15, 0.2) is 18.3 Å². The van der Waals surface area contributed by atoms with E-state index in [2.05, 4.69) is 10.3 Å². The number of nitrogens with zero attached hydrogens (tertiary/aromatic N) is 2. The molecule has 1 aromatic rings. The number of pyridine rings is 1. The van der Waals surface area contributed by atoms with Crippen molar-refractivity contribution in [3.05, 3.63) is 23.9 Å². The molecule has 2 heterocycles. The minimum atomic E-state index is 0.00415. The van der Waals surface area contributed by atoms with Crippen molar-refractivity contribution in [2.45, 2.75) is 13.0 Å². The molecule has 18 heavy (non-hydrogen) atoms. The third-order valence-electron chi connectivity index (χ3n) is 3.04. The maximum atomic E-state index is 11.9. The van der Waals surface area contributed by atoms with Crippen molar-refractivity contribution in [1.82, 2.24) is 10.3 Å². The zero-order chi connectivity index (χ0) is 13.0. The van der Waals surface area contributed by atoms with E-state index < -0.39 is 0 Å². The molecule has 0 bridgehead atoms. The van der Waals surface area contributed by atoms with Crippen molar-refractivity contribution in [3.63, 3.8) is 0 Å². The molecule has 1 N–H and O–H groups in total. The summed E-state index contributed by atoms with van der Waals surface area (Å²) in [4.78, 5) is 18.1. The molecule has 2 rings (SSSR count). The molecule has 0 spiro atoms. The summed E-state index contributed by atoms with van der Waals surface area (Å²) in [5.74, 6) is 0.964. The molecule has 1 aliphatic heterocycles. The summed E-state index contributed by atoms with van der Waals surface area (Å²) in [5.41, 5.74) is 1.02. The van der Waals surface area contributed by atoms with E-state index in [0.29, 0.717) is 19.8 Å². The fourth-order valence-electron chi connectivity index (χ4n) is 2.04. The normalized spacial score (nSPS) is 18.7. The van der Waals surface area contributed by atoms with Gasteiger partial charge in [-0.1, -0.05) is 6.07 Å². The Morgan fingerprint density at radius 3 is 3.11 bits per heavy atom. The minimum absolute atomic E-state index is 0.00415. The standard InChI is InChI=1S/C13H19N3O2/c1-16(2)12-10(4-3-6-14-12)8-15-13(17)11-5-7-18-9-11/h3-4,6,11H,5,7-9H2,1-2H3,(H,15,17)/t11-/m0/s1. The van der Waals surface area contributed by atoms with E-state index >= 15 is 0 Å². The predicted molar refractivity (Wildman–Crippen MR) is 69.3 cm³/mol. The highest BCUT2D eigenvalue weighted by Crippen LogP contribution is 2.15. The number of hydrogen-bond acceptors (Lipinski definition) is 4. The van der Waals surface area contributed by atoms with E-state index in [-0.39, 0.29) is 11.8 Å². The Labute approximate surface area is 107 Å². The van der Waals surface area contributed by atoms with Crippen LogP contribution in [0.3, 0.4) is 0 Å². The van der Waals surface area contributed by atoms with E-state index in [1.54, 1.807) is 6.20 Å². The number of carbonyl (C=O) groups is 1. The second-order valence-corrected chi connectivity index (χ2v) is 4.66. The van der Waals surface area contributed by atoms with Crippen LogP contribution in [-0.4, -0.2) is 38.2 Å². The number of anilines is 1. The zero-order valence-corrected chi connectivity index (χ0v) is 10.8. The third-order valence-corrected chi connectivity index (χ3v) is 3.04. The van der Waals surface area contributed by atoms with Crippen LogP contribution in [-0.2, 0) is 16.1 Å². The van der Waals surface area contributed by atoms with Gasteiger partial charge in [-0.3, -0.25) is 4.79 Å². The lowest BCUT2D eigenvalue weighted by Gasteiger charge is -2.16. The fraction of sp³-hybridized carbons (Fsp3) is 0.538. The summed E-state index contributed by atoms with van der Waals surface area (Å²) in [6.45, 7) is 1.74. The van der Waals surface area contributed by atoms with Gasteiger partial charge in [-0.05, 0) is 12.5 Å². The van der Waals surface area contributed by atoms with E-state index in [0.717, 1.165) is 17.8 Å². The maximum Gasteiger partial charge on any atom is 0.225 e. The van der Waals surface area contributed by atoms with Crippen molar-refractivity contribution < 1.29 is 9.53 Å². The van der Waals surface area contributed by atoms with Crippen molar-refractivity contribution in [3.8, 4) is 0 Å². The van der Waals surface area contributed by atoms with Gasteiger partial charge in [-0.25, -0.2) is 4.98 Å². The number of carbonyl (C=O) groups excluding carboxylic acids is 1. The van der Waals surface area contributed by atoms with Gasteiger partial charge >= 0.3 is 0 Å². The Kier molecular flexibility index (Phi) is 4.15. The van der Waals surface area contributed by atoms with Gasteiger partial charge in [0.15, 0.2) is 0 Å². The molecule has 1 amide bonds. The number of aromatic nitrogens is 1. The monoisotopic (exact) mass is 249 g/mol. The fourth-order valence-corrected chi connectivity index (χ4v) is 2.04. The van der Waals surface area contributed by atoms with Gasteiger partial charge in [0.1, 0.15) is 5.82 Å². The molecule has 1 saturated heterocycles. The summed E-state index contributed by atoms with van der Waals surface area (Å²) < 4.78 is 5.21. The molecule has 1 aliphatic rings. The van der Waals surface area contributed by atoms with Crippen LogP contribution in [0, 0.1) is 5.92 Å². The highest BCUT2D eigenvalue weighted by atomic mass is 16.5. The Morgan fingerprint density at radius 2 is 2.44 bits per heavy atom. The van der Waals surface area contributed by atoms with Crippen LogP contribution in [0.1, 0.15) is 12.0 Å². The predicted octanol–water partition coefficient (Wildman–Crippen LogP) is 0.800. The van der Waals surface area contributed by atoms with E-state index in [9.17, 15) is 4.79 Å². The molecular formula is C13H19N3O2. The van der Waals surface area contributed by atoms with Crippen LogP contribution in [0.5, 0.6) is 0 Å². The van der Waals surface area contributed by atoms with E-state index in [1.165, 1.54) is 0 Å². The third kappa shape index (κ3) is 2.98. The maximum absolute atomic E-state index is 11.9. The molecule has 1 atom stereocenters. The van der Waals surface area contributed by atoms with Gasteiger partial charge in [0.05, 0.1) is 12.5 Å². The highest BCUT2D eigenvalue weighted by molar-refractivity contribution is 5.79.